The lowest BCUT2D eigenvalue weighted by Gasteiger charge is -2.15. The van der Waals surface area contributed by atoms with Gasteiger partial charge in [-0.1, -0.05) is 18.2 Å². The van der Waals surface area contributed by atoms with Crippen molar-refractivity contribution in [3.8, 4) is 11.1 Å². The molecule has 3 rings (SSSR count). The molecule has 90 valence electrons. The van der Waals surface area contributed by atoms with Crippen molar-refractivity contribution >= 4 is 17.2 Å². The Morgan fingerprint density at radius 2 is 1.67 bits per heavy atom. The highest BCUT2D eigenvalue weighted by Crippen LogP contribution is 2.43. The number of nitrogen functional groups attached to an aromatic ring is 1. The quantitative estimate of drug-likeness (QED) is 0.436. The van der Waals surface area contributed by atoms with E-state index in [0.717, 1.165) is 0 Å². The standard InChI is InChI=1S/C13H10N2O3/c14-9-5-1-3-7-11(9)12-8(13(7)16)4-2-6-10(12)15(17)18/h1-6,15,17H,14H2. The van der Waals surface area contributed by atoms with Gasteiger partial charge in [0.2, 0.25) is 0 Å². The summed E-state index contributed by atoms with van der Waals surface area (Å²) in [5, 5.41) is 19.4. The van der Waals surface area contributed by atoms with Crippen molar-refractivity contribution in [1.82, 2.24) is 0 Å². The maximum absolute atomic E-state index is 12.2. The van der Waals surface area contributed by atoms with Gasteiger partial charge in [0.25, 0.3) is 0 Å². The third-order valence-electron chi connectivity index (χ3n) is 3.13. The maximum Gasteiger partial charge on any atom is 0.194 e. The number of benzene rings is 2. The number of hydrogen-bond acceptors (Lipinski definition) is 4. The normalized spacial score (nSPS) is 14.2. The summed E-state index contributed by atoms with van der Waals surface area (Å²) < 4.78 is 0. The lowest BCUT2D eigenvalue weighted by atomic mass is 10.0. The van der Waals surface area contributed by atoms with Gasteiger partial charge in [0.15, 0.2) is 11.5 Å². The van der Waals surface area contributed by atoms with Gasteiger partial charge in [-0.15, -0.1) is 0 Å². The number of hydrogen-bond donors (Lipinski definition) is 3. The van der Waals surface area contributed by atoms with E-state index in [4.69, 9.17) is 5.73 Å². The molecule has 1 aliphatic rings. The molecule has 0 spiro atoms. The maximum atomic E-state index is 12.2. The van der Waals surface area contributed by atoms with Crippen molar-refractivity contribution in [3.63, 3.8) is 0 Å². The highest BCUT2D eigenvalue weighted by atomic mass is 16.8. The predicted octanol–water partition coefficient (Wildman–Crippen LogP) is 0.884. The smallest absolute Gasteiger partial charge is 0.194 e. The summed E-state index contributed by atoms with van der Waals surface area (Å²) in [6, 6.07) is 9.71. The molecule has 2 aromatic rings. The molecule has 0 saturated carbocycles. The molecule has 0 saturated heterocycles. The second-order valence-corrected chi connectivity index (χ2v) is 4.13. The minimum atomic E-state index is -1.06. The minimum Gasteiger partial charge on any atom is -0.595 e. The van der Waals surface area contributed by atoms with E-state index in [-0.39, 0.29) is 11.5 Å². The summed E-state index contributed by atoms with van der Waals surface area (Å²) in [5.41, 5.74) is 8.25. The molecular formula is C13H10N2O3. The second-order valence-electron chi connectivity index (χ2n) is 4.13. The Bertz CT molecular complexity index is 665. The first-order valence-corrected chi connectivity index (χ1v) is 5.41. The summed E-state index contributed by atoms with van der Waals surface area (Å²) >= 11 is 0. The van der Waals surface area contributed by atoms with Gasteiger partial charge in [-0.2, -0.15) is 5.23 Å². The molecule has 0 aromatic heterocycles. The van der Waals surface area contributed by atoms with Gasteiger partial charge in [0, 0.05) is 28.4 Å². The molecule has 1 atom stereocenters. The fraction of sp³-hybridized carbons (Fsp3) is 0. The molecule has 18 heavy (non-hydrogen) atoms. The van der Waals surface area contributed by atoms with Crippen LogP contribution in [0.2, 0.25) is 0 Å². The van der Waals surface area contributed by atoms with E-state index >= 15 is 0 Å². The highest BCUT2D eigenvalue weighted by molar-refractivity contribution is 6.24. The molecule has 1 aliphatic carbocycles. The number of quaternary nitrogens is 1. The molecule has 0 aliphatic heterocycles. The molecule has 5 heteroatoms. The lowest BCUT2D eigenvalue weighted by Crippen LogP contribution is -2.99. The number of carbonyl (C=O) groups is 1. The van der Waals surface area contributed by atoms with Crippen molar-refractivity contribution in [3.05, 3.63) is 52.7 Å². The summed E-state index contributed by atoms with van der Waals surface area (Å²) in [6.07, 6.45) is 0. The predicted molar refractivity (Wildman–Crippen MR) is 65.5 cm³/mol. The van der Waals surface area contributed by atoms with Crippen LogP contribution in [-0.2, 0) is 0 Å². The minimum absolute atomic E-state index is 0.109. The van der Waals surface area contributed by atoms with Gasteiger partial charge in [-0.25, -0.2) is 5.21 Å². The fourth-order valence-electron chi connectivity index (χ4n) is 2.37. The number of rotatable bonds is 1. The molecule has 4 N–H and O–H groups in total. The zero-order chi connectivity index (χ0) is 12.9. The molecule has 0 bridgehead atoms. The van der Waals surface area contributed by atoms with E-state index in [1.807, 2.05) is 0 Å². The van der Waals surface area contributed by atoms with Crippen LogP contribution in [0.5, 0.6) is 0 Å². The summed E-state index contributed by atoms with van der Waals surface area (Å²) in [7, 11) is 0. The van der Waals surface area contributed by atoms with E-state index < -0.39 is 5.23 Å². The Balaban J connectivity index is 2.42. The summed E-state index contributed by atoms with van der Waals surface area (Å²) in [6.45, 7) is 0. The van der Waals surface area contributed by atoms with Crippen molar-refractivity contribution in [2.75, 3.05) is 5.73 Å². The second kappa shape index (κ2) is 3.64. The van der Waals surface area contributed by atoms with Gasteiger partial charge in [-0.05, 0) is 12.1 Å². The molecule has 5 nitrogen and oxygen atoms in total. The first kappa shape index (κ1) is 10.9. The topological polar surface area (TPSA) is 90.8 Å². The molecular weight excluding hydrogens is 232 g/mol. The third-order valence-corrected chi connectivity index (χ3v) is 3.13. The monoisotopic (exact) mass is 242 g/mol. The zero-order valence-corrected chi connectivity index (χ0v) is 9.31. The van der Waals surface area contributed by atoms with Crippen LogP contribution in [0.15, 0.2) is 36.4 Å². The van der Waals surface area contributed by atoms with E-state index in [1.165, 1.54) is 6.07 Å². The van der Waals surface area contributed by atoms with Gasteiger partial charge in [0.05, 0.1) is 5.56 Å². The van der Waals surface area contributed by atoms with E-state index in [2.05, 4.69) is 0 Å². The number of nitrogens with two attached hydrogens (primary N) is 1. The van der Waals surface area contributed by atoms with Crippen LogP contribution < -0.4 is 11.0 Å². The lowest BCUT2D eigenvalue weighted by molar-refractivity contribution is -0.991. The SMILES string of the molecule is Nc1cccc2c1-c1c(cccc1[NH+]([O-])O)C2=O. The molecule has 0 fully saturated rings. The Hall–Kier alpha value is -2.21. The Kier molecular flexibility index (Phi) is 2.21. The molecule has 0 amide bonds. The number of carbonyl (C=O) groups excluding carboxylic acids is 1. The van der Waals surface area contributed by atoms with Crippen LogP contribution in [0.1, 0.15) is 15.9 Å². The van der Waals surface area contributed by atoms with Gasteiger partial charge in [-0.3, -0.25) is 4.79 Å². The van der Waals surface area contributed by atoms with E-state index in [1.54, 1.807) is 30.3 Å². The van der Waals surface area contributed by atoms with Crippen LogP contribution in [0.25, 0.3) is 11.1 Å². The zero-order valence-electron chi connectivity index (χ0n) is 9.31. The Morgan fingerprint density at radius 3 is 2.33 bits per heavy atom. The van der Waals surface area contributed by atoms with Crippen LogP contribution in [0.4, 0.5) is 11.4 Å². The van der Waals surface area contributed by atoms with E-state index in [9.17, 15) is 15.2 Å². The fourth-order valence-corrected chi connectivity index (χ4v) is 2.37. The number of ketones is 1. The number of fused-ring (bicyclic) bond motifs is 3. The van der Waals surface area contributed by atoms with Crippen molar-refractivity contribution < 1.29 is 15.2 Å². The number of nitrogens with one attached hydrogen (secondary N) is 1. The molecule has 0 radical (unpaired) electrons. The highest BCUT2D eigenvalue weighted by Gasteiger charge is 2.32. The third kappa shape index (κ3) is 1.29. The number of anilines is 1. The van der Waals surface area contributed by atoms with Crippen molar-refractivity contribution in [2.24, 2.45) is 0 Å². The average molecular weight is 242 g/mol. The van der Waals surface area contributed by atoms with Gasteiger partial charge >= 0.3 is 0 Å². The summed E-state index contributed by atoms with van der Waals surface area (Å²) in [5.74, 6) is -0.171. The van der Waals surface area contributed by atoms with Crippen LogP contribution in [0, 0.1) is 5.21 Å². The Labute approximate surface area is 103 Å². The molecule has 1 unspecified atom stereocenters. The van der Waals surface area contributed by atoms with Crippen LogP contribution in [0.3, 0.4) is 0 Å². The Morgan fingerprint density at radius 1 is 1.06 bits per heavy atom. The van der Waals surface area contributed by atoms with E-state index in [0.29, 0.717) is 27.9 Å². The molecule has 0 heterocycles. The largest absolute Gasteiger partial charge is 0.595 e. The van der Waals surface area contributed by atoms with Crippen molar-refractivity contribution in [2.45, 2.75) is 0 Å². The summed E-state index contributed by atoms with van der Waals surface area (Å²) in [4.78, 5) is 12.2. The van der Waals surface area contributed by atoms with Gasteiger partial charge in [0.1, 0.15) is 0 Å². The first-order chi connectivity index (χ1) is 8.61. The molecule has 2 aromatic carbocycles. The van der Waals surface area contributed by atoms with Crippen molar-refractivity contribution in [1.29, 1.82) is 0 Å². The van der Waals surface area contributed by atoms with Crippen LogP contribution in [-0.4, -0.2) is 11.0 Å². The average Bonchev–Trinajstić information content (AvgIpc) is 2.65. The van der Waals surface area contributed by atoms with Crippen LogP contribution >= 0.6 is 0 Å². The first-order valence-electron chi connectivity index (χ1n) is 5.41. The van der Waals surface area contributed by atoms with Gasteiger partial charge < -0.3 is 10.9 Å².